The average Bonchev–Trinajstić information content (AvgIpc) is 3.37. The lowest BCUT2D eigenvalue weighted by Gasteiger charge is -2.18. The van der Waals surface area contributed by atoms with E-state index in [4.69, 9.17) is 4.74 Å². The Kier molecular flexibility index (Phi) is 5.06. The van der Waals surface area contributed by atoms with Crippen LogP contribution in [0.4, 0.5) is 11.4 Å². The molecule has 6 nitrogen and oxygen atoms in total. The highest BCUT2D eigenvalue weighted by atomic mass is 32.2. The molecule has 0 fully saturated rings. The number of ether oxygens (including phenoxy) is 1. The quantitative estimate of drug-likeness (QED) is 0.665. The van der Waals surface area contributed by atoms with Crippen LogP contribution in [0.15, 0.2) is 58.8 Å². The highest BCUT2D eigenvalue weighted by Crippen LogP contribution is 2.34. The van der Waals surface area contributed by atoms with Gasteiger partial charge in [0.1, 0.15) is 10.6 Å². The Morgan fingerprint density at radius 1 is 1.17 bits per heavy atom. The molecule has 0 atom stereocenters. The van der Waals surface area contributed by atoms with Gasteiger partial charge in [-0.25, -0.2) is 8.42 Å². The van der Waals surface area contributed by atoms with Crippen LogP contribution in [0, 0.1) is 6.92 Å². The number of nitrogens with one attached hydrogen (secondary N) is 1. The van der Waals surface area contributed by atoms with Crippen molar-refractivity contribution in [2.45, 2.75) is 18.2 Å². The summed E-state index contributed by atoms with van der Waals surface area (Å²) in [5, 5.41) is 1.87. The number of hydrogen-bond acceptors (Lipinski definition) is 5. The maximum Gasteiger partial charge on any atom is 0.268 e. The fourth-order valence-electron chi connectivity index (χ4n) is 3.39. The maximum atomic E-state index is 13.0. The van der Waals surface area contributed by atoms with Crippen molar-refractivity contribution in [2.24, 2.45) is 0 Å². The molecule has 1 amide bonds. The molecule has 0 radical (unpaired) electrons. The van der Waals surface area contributed by atoms with E-state index in [1.54, 1.807) is 41.3 Å². The van der Waals surface area contributed by atoms with Gasteiger partial charge < -0.3 is 9.64 Å². The molecule has 1 aliphatic heterocycles. The zero-order valence-electron chi connectivity index (χ0n) is 16.0. The average molecular weight is 429 g/mol. The van der Waals surface area contributed by atoms with Crippen molar-refractivity contribution in [3.8, 4) is 5.75 Å². The van der Waals surface area contributed by atoms with Crippen LogP contribution in [0.2, 0.25) is 0 Å². The minimum Gasteiger partial charge on any atom is -0.495 e. The summed E-state index contributed by atoms with van der Waals surface area (Å²) in [6.45, 7) is 2.40. The Morgan fingerprint density at radius 2 is 2.00 bits per heavy atom. The van der Waals surface area contributed by atoms with E-state index in [0.29, 0.717) is 17.1 Å². The minimum atomic E-state index is -3.85. The molecule has 29 heavy (non-hydrogen) atoms. The molecule has 0 spiro atoms. The number of hydrogen-bond donors (Lipinski definition) is 1. The highest BCUT2D eigenvalue weighted by Gasteiger charge is 2.27. The van der Waals surface area contributed by atoms with Crippen LogP contribution < -0.4 is 14.4 Å². The molecule has 1 aromatic heterocycles. The van der Waals surface area contributed by atoms with E-state index >= 15 is 0 Å². The van der Waals surface area contributed by atoms with Gasteiger partial charge in [0.05, 0.1) is 17.7 Å². The topological polar surface area (TPSA) is 75.7 Å². The molecule has 150 valence electrons. The monoisotopic (exact) mass is 428 g/mol. The second kappa shape index (κ2) is 7.53. The summed E-state index contributed by atoms with van der Waals surface area (Å²) in [7, 11) is -2.42. The second-order valence-corrected chi connectivity index (χ2v) is 9.39. The smallest absolute Gasteiger partial charge is 0.268 e. The standard InChI is InChI=1S/C21H20N2O4S2/c1-14-5-8-18(27-2)20(12-14)29(25,26)22-16-7-6-15-9-10-23(17(15)13-16)21(24)19-4-3-11-28-19/h3-8,11-13,22H,9-10H2,1-2H3. The number of benzene rings is 2. The largest absolute Gasteiger partial charge is 0.495 e. The molecule has 3 aromatic rings. The zero-order valence-corrected chi connectivity index (χ0v) is 17.6. The first-order valence-corrected chi connectivity index (χ1v) is 11.4. The summed E-state index contributed by atoms with van der Waals surface area (Å²) >= 11 is 1.39. The number of carbonyl (C=O) groups is 1. The van der Waals surface area contributed by atoms with Gasteiger partial charge in [-0.2, -0.15) is 0 Å². The van der Waals surface area contributed by atoms with Crippen LogP contribution in [0.5, 0.6) is 5.75 Å². The first kappa shape index (κ1) is 19.5. The first-order chi connectivity index (χ1) is 13.9. The third kappa shape index (κ3) is 3.73. The van der Waals surface area contributed by atoms with Crippen LogP contribution in [0.1, 0.15) is 20.8 Å². The van der Waals surface area contributed by atoms with Gasteiger partial charge in [-0.05, 0) is 60.2 Å². The molecular weight excluding hydrogens is 408 g/mol. The molecular formula is C21H20N2O4S2. The van der Waals surface area contributed by atoms with Crippen LogP contribution in [0.25, 0.3) is 0 Å². The molecule has 8 heteroatoms. The summed E-state index contributed by atoms with van der Waals surface area (Å²) in [6, 6.07) is 13.9. The number of sulfonamides is 1. The fourth-order valence-corrected chi connectivity index (χ4v) is 5.37. The van der Waals surface area contributed by atoms with E-state index in [-0.39, 0.29) is 16.6 Å². The normalized spacial score (nSPS) is 13.2. The van der Waals surface area contributed by atoms with Crippen molar-refractivity contribution in [3.05, 3.63) is 69.9 Å². The lowest BCUT2D eigenvalue weighted by molar-refractivity contribution is 0.0993. The number of aryl methyl sites for hydroxylation is 1. The van der Waals surface area contributed by atoms with Crippen molar-refractivity contribution < 1.29 is 17.9 Å². The van der Waals surface area contributed by atoms with Crippen molar-refractivity contribution in [2.75, 3.05) is 23.3 Å². The van der Waals surface area contributed by atoms with Crippen LogP contribution >= 0.6 is 11.3 Å². The molecule has 1 aliphatic rings. The van der Waals surface area contributed by atoms with Gasteiger partial charge in [0.2, 0.25) is 0 Å². The number of anilines is 2. The number of nitrogens with zero attached hydrogens (tertiary/aromatic N) is 1. The molecule has 0 unspecified atom stereocenters. The summed E-state index contributed by atoms with van der Waals surface area (Å²) in [4.78, 5) is 15.2. The molecule has 0 bridgehead atoms. The van der Waals surface area contributed by atoms with Crippen LogP contribution in [-0.4, -0.2) is 28.0 Å². The van der Waals surface area contributed by atoms with Crippen molar-refractivity contribution in [3.63, 3.8) is 0 Å². The number of fused-ring (bicyclic) bond motifs is 1. The zero-order chi connectivity index (χ0) is 20.6. The van der Waals surface area contributed by atoms with Gasteiger partial charge in [-0.3, -0.25) is 9.52 Å². The van der Waals surface area contributed by atoms with E-state index in [0.717, 1.165) is 23.2 Å². The number of amides is 1. The van der Waals surface area contributed by atoms with Crippen molar-refractivity contribution >= 4 is 38.6 Å². The van der Waals surface area contributed by atoms with Gasteiger partial charge in [-0.1, -0.05) is 18.2 Å². The number of rotatable bonds is 5. The second-order valence-electron chi connectivity index (χ2n) is 6.79. The minimum absolute atomic E-state index is 0.0703. The lowest BCUT2D eigenvalue weighted by atomic mass is 10.1. The predicted molar refractivity (Wildman–Crippen MR) is 115 cm³/mol. The van der Waals surface area contributed by atoms with Crippen molar-refractivity contribution in [1.82, 2.24) is 0 Å². The van der Waals surface area contributed by atoms with E-state index in [9.17, 15) is 13.2 Å². The molecule has 0 saturated carbocycles. The van der Waals surface area contributed by atoms with E-state index in [2.05, 4.69) is 4.72 Å². The van der Waals surface area contributed by atoms with Crippen LogP contribution in [-0.2, 0) is 16.4 Å². The summed E-state index contributed by atoms with van der Waals surface area (Å²) in [5.74, 6) is 0.206. The third-order valence-corrected chi connectivity index (χ3v) is 7.08. The predicted octanol–water partition coefficient (Wildman–Crippen LogP) is 4.07. The molecule has 0 aliphatic carbocycles. The third-order valence-electron chi connectivity index (χ3n) is 4.82. The molecule has 2 aromatic carbocycles. The maximum absolute atomic E-state index is 13.0. The number of thiophene rings is 1. The van der Waals surface area contributed by atoms with Gasteiger partial charge in [-0.15, -0.1) is 11.3 Å². The SMILES string of the molecule is COc1ccc(C)cc1S(=O)(=O)Nc1ccc2c(c1)N(C(=O)c1cccs1)CC2. The van der Waals surface area contributed by atoms with Gasteiger partial charge >= 0.3 is 0 Å². The summed E-state index contributed by atoms with van der Waals surface area (Å²) < 4.78 is 33.8. The number of carbonyl (C=O) groups excluding carboxylic acids is 1. The molecule has 0 saturated heterocycles. The molecule has 4 rings (SSSR count). The Bertz CT molecular complexity index is 1170. The Balaban J connectivity index is 1.66. The van der Waals surface area contributed by atoms with E-state index in [1.165, 1.54) is 18.4 Å². The van der Waals surface area contributed by atoms with E-state index in [1.807, 2.05) is 24.4 Å². The molecule has 1 N–H and O–H groups in total. The highest BCUT2D eigenvalue weighted by molar-refractivity contribution is 7.92. The first-order valence-electron chi connectivity index (χ1n) is 9.05. The van der Waals surface area contributed by atoms with Gasteiger partial charge in [0.15, 0.2) is 0 Å². The van der Waals surface area contributed by atoms with E-state index < -0.39 is 10.0 Å². The Labute approximate surface area is 173 Å². The molecule has 2 heterocycles. The van der Waals surface area contributed by atoms with Gasteiger partial charge in [0.25, 0.3) is 15.9 Å². The van der Waals surface area contributed by atoms with Crippen LogP contribution in [0.3, 0.4) is 0 Å². The summed E-state index contributed by atoms with van der Waals surface area (Å²) in [5.41, 5.74) is 2.97. The number of methoxy groups -OCH3 is 1. The fraction of sp³-hybridized carbons (Fsp3) is 0.190. The summed E-state index contributed by atoms with van der Waals surface area (Å²) in [6.07, 6.45) is 0.741. The van der Waals surface area contributed by atoms with Gasteiger partial charge in [0, 0.05) is 12.2 Å². The Morgan fingerprint density at radius 3 is 2.72 bits per heavy atom. The Hall–Kier alpha value is -2.84. The van der Waals surface area contributed by atoms with Crippen molar-refractivity contribution in [1.29, 1.82) is 0 Å². The lowest BCUT2D eigenvalue weighted by Crippen LogP contribution is -2.28.